The van der Waals surface area contributed by atoms with Crippen LogP contribution in [0.2, 0.25) is 5.02 Å². The Morgan fingerprint density at radius 3 is 2.44 bits per heavy atom. The Bertz CT molecular complexity index is 1160. The van der Waals surface area contributed by atoms with Gasteiger partial charge in [-0.1, -0.05) is 23.7 Å². The fourth-order valence-corrected chi connectivity index (χ4v) is 6.62. The van der Waals surface area contributed by atoms with E-state index in [1.54, 1.807) is 32.4 Å². The van der Waals surface area contributed by atoms with Crippen molar-refractivity contribution in [1.29, 1.82) is 0 Å². The normalized spacial score (nSPS) is 20.6. The first-order valence-corrected chi connectivity index (χ1v) is 13.1. The fourth-order valence-electron chi connectivity index (χ4n) is 4.88. The van der Waals surface area contributed by atoms with Crippen molar-refractivity contribution < 1.29 is 22.7 Å². The van der Waals surface area contributed by atoms with E-state index in [0.29, 0.717) is 55.4 Å². The smallest absolute Gasteiger partial charge is 0.243 e. The summed E-state index contributed by atoms with van der Waals surface area (Å²) in [6.07, 6.45) is 1.66. The first kappa shape index (κ1) is 24.8. The second-order valence-corrected chi connectivity index (χ2v) is 11.1. The monoisotopic (exact) mass is 507 g/mol. The number of benzene rings is 2. The van der Waals surface area contributed by atoms with Gasteiger partial charge in [0.2, 0.25) is 15.9 Å². The standard InChI is InChI=1S/C24H30ClN3O5S/c1-17-23(29)28(12-9-18-7-8-21(32-2)22(15-18)33-3)24(26-17)10-13-27(14-11-24)34(30,31)20-6-4-5-19(25)16-20/h4-8,15-17,26H,9-14H2,1-3H3. The largest absolute Gasteiger partial charge is 0.493 e. The second kappa shape index (κ2) is 9.73. The Morgan fingerprint density at radius 2 is 1.79 bits per heavy atom. The molecular formula is C24H30ClN3O5S. The maximum absolute atomic E-state index is 13.1. The number of amides is 1. The van der Waals surface area contributed by atoms with Crippen molar-refractivity contribution in [2.24, 2.45) is 0 Å². The van der Waals surface area contributed by atoms with Crippen LogP contribution in [0.15, 0.2) is 47.4 Å². The number of piperidine rings is 1. The van der Waals surface area contributed by atoms with Crippen molar-refractivity contribution in [3.05, 3.63) is 53.1 Å². The average molecular weight is 508 g/mol. The molecule has 2 saturated heterocycles. The van der Waals surface area contributed by atoms with Crippen LogP contribution in [-0.2, 0) is 21.2 Å². The Hall–Kier alpha value is -2.33. The maximum atomic E-state index is 13.1. The summed E-state index contributed by atoms with van der Waals surface area (Å²) < 4.78 is 38.4. The molecule has 1 spiro atoms. The number of halogens is 1. The zero-order valence-electron chi connectivity index (χ0n) is 19.6. The second-order valence-electron chi connectivity index (χ2n) is 8.69. The van der Waals surface area contributed by atoms with Crippen molar-refractivity contribution in [2.75, 3.05) is 33.9 Å². The van der Waals surface area contributed by atoms with Crippen LogP contribution < -0.4 is 14.8 Å². The average Bonchev–Trinajstić information content (AvgIpc) is 3.06. The van der Waals surface area contributed by atoms with Crippen LogP contribution in [0.3, 0.4) is 0 Å². The highest BCUT2D eigenvalue weighted by Gasteiger charge is 2.50. The van der Waals surface area contributed by atoms with Crippen LogP contribution in [0.5, 0.6) is 11.5 Å². The van der Waals surface area contributed by atoms with Gasteiger partial charge in [-0.05, 0) is 62.1 Å². The number of sulfonamides is 1. The molecule has 8 nitrogen and oxygen atoms in total. The van der Waals surface area contributed by atoms with E-state index in [1.165, 1.54) is 10.4 Å². The predicted octanol–water partition coefficient (Wildman–Crippen LogP) is 2.90. The zero-order chi connectivity index (χ0) is 24.5. The number of nitrogens with one attached hydrogen (secondary N) is 1. The molecule has 0 bridgehead atoms. The third-order valence-electron chi connectivity index (χ3n) is 6.69. The van der Waals surface area contributed by atoms with Gasteiger partial charge in [0.05, 0.1) is 30.8 Å². The molecule has 1 N–H and O–H groups in total. The Labute approximate surface area is 205 Å². The van der Waals surface area contributed by atoms with Gasteiger partial charge >= 0.3 is 0 Å². The summed E-state index contributed by atoms with van der Waals surface area (Å²) in [5.41, 5.74) is 0.467. The fraction of sp³-hybridized carbons (Fsp3) is 0.458. The number of carbonyl (C=O) groups excluding carboxylic acids is 1. The number of rotatable bonds is 7. The predicted molar refractivity (Wildman–Crippen MR) is 130 cm³/mol. The highest BCUT2D eigenvalue weighted by molar-refractivity contribution is 7.89. The lowest BCUT2D eigenvalue weighted by Gasteiger charge is -2.44. The topological polar surface area (TPSA) is 88.2 Å². The summed E-state index contributed by atoms with van der Waals surface area (Å²) >= 11 is 6.01. The number of methoxy groups -OCH3 is 2. The van der Waals surface area contributed by atoms with E-state index in [-0.39, 0.29) is 16.8 Å². The molecule has 34 heavy (non-hydrogen) atoms. The summed E-state index contributed by atoms with van der Waals surface area (Å²) in [6, 6.07) is 11.7. The lowest BCUT2D eigenvalue weighted by Crippen LogP contribution is -2.59. The molecule has 2 aromatic carbocycles. The first-order chi connectivity index (χ1) is 16.2. The molecule has 4 rings (SSSR count). The lowest BCUT2D eigenvalue weighted by atomic mass is 9.96. The molecule has 0 radical (unpaired) electrons. The zero-order valence-corrected chi connectivity index (χ0v) is 21.2. The molecule has 10 heteroatoms. The number of hydrogen-bond acceptors (Lipinski definition) is 6. The molecule has 2 heterocycles. The number of ether oxygens (including phenoxy) is 2. The highest BCUT2D eigenvalue weighted by atomic mass is 35.5. The molecule has 1 amide bonds. The highest BCUT2D eigenvalue weighted by Crippen LogP contribution is 2.35. The van der Waals surface area contributed by atoms with Gasteiger partial charge in [0, 0.05) is 24.7 Å². The summed E-state index contributed by atoms with van der Waals surface area (Å²) in [5.74, 6) is 1.34. The summed E-state index contributed by atoms with van der Waals surface area (Å²) in [7, 11) is -0.465. The molecule has 0 saturated carbocycles. The minimum Gasteiger partial charge on any atom is -0.493 e. The lowest BCUT2D eigenvalue weighted by molar-refractivity contribution is -0.132. The quantitative estimate of drug-likeness (QED) is 0.620. The van der Waals surface area contributed by atoms with Crippen LogP contribution in [-0.4, -0.2) is 69.1 Å². The van der Waals surface area contributed by atoms with E-state index in [4.69, 9.17) is 21.1 Å². The van der Waals surface area contributed by atoms with Gasteiger partial charge in [0.25, 0.3) is 0 Å². The van der Waals surface area contributed by atoms with Crippen molar-refractivity contribution in [1.82, 2.24) is 14.5 Å². The van der Waals surface area contributed by atoms with Gasteiger partial charge in [0.15, 0.2) is 11.5 Å². The van der Waals surface area contributed by atoms with Gasteiger partial charge in [-0.3, -0.25) is 10.1 Å². The molecular weight excluding hydrogens is 478 g/mol. The minimum atomic E-state index is -3.65. The van der Waals surface area contributed by atoms with Crippen molar-refractivity contribution in [2.45, 2.75) is 42.8 Å². The van der Waals surface area contributed by atoms with Crippen LogP contribution >= 0.6 is 11.6 Å². The van der Waals surface area contributed by atoms with Crippen molar-refractivity contribution >= 4 is 27.5 Å². The molecule has 1 unspecified atom stereocenters. The molecule has 2 aromatic rings. The van der Waals surface area contributed by atoms with Crippen LogP contribution in [0.4, 0.5) is 0 Å². The molecule has 2 fully saturated rings. The molecule has 1 atom stereocenters. The van der Waals surface area contributed by atoms with Crippen LogP contribution in [0, 0.1) is 0 Å². The molecule has 2 aliphatic rings. The molecule has 184 valence electrons. The summed E-state index contributed by atoms with van der Waals surface area (Å²) in [4.78, 5) is 15.1. The van der Waals surface area contributed by atoms with E-state index in [1.807, 2.05) is 30.0 Å². The third-order valence-corrected chi connectivity index (χ3v) is 8.82. The Balaban J connectivity index is 1.48. The number of carbonyl (C=O) groups is 1. The van der Waals surface area contributed by atoms with Crippen molar-refractivity contribution in [3.8, 4) is 11.5 Å². The van der Waals surface area contributed by atoms with Gasteiger partial charge in [-0.15, -0.1) is 0 Å². The van der Waals surface area contributed by atoms with Crippen LogP contribution in [0.1, 0.15) is 25.3 Å². The third kappa shape index (κ3) is 4.62. The van der Waals surface area contributed by atoms with E-state index < -0.39 is 15.7 Å². The Kier molecular flexibility index (Phi) is 7.09. The van der Waals surface area contributed by atoms with Crippen molar-refractivity contribution in [3.63, 3.8) is 0 Å². The van der Waals surface area contributed by atoms with Gasteiger partial charge in [-0.25, -0.2) is 8.42 Å². The SMILES string of the molecule is COc1ccc(CCN2C(=O)C(C)NC23CCN(S(=O)(=O)c2cccc(Cl)c2)CC3)cc1OC. The number of nitrogens with zero attached hydrogens (tertiary/aromatic N) is 2. The number of hydrogen-bond donors (Lipinski definition) is 1. The first-order valence-electron chi connectivity index (χ1n) is 11.3. The van der Waals surface area contributed by atoms with E-state index in [0.717, 1.165) is 5.56 Å². The van der Waals surface area contributed by atoms with Gasteiger partial charge < -0.3 is 14.4 Å². The Morgan fingerprint density at radius 1 is 1.09 bits per heavy atom. The summed E-state index contributed by atoms with van der Waals surface area (Å²) in [5, 5.41) is 3.84. The van der Waals surface area contributed by atoms with E-state index in [2.05, 4.69) is 5.32 Å². The maximum Gasteiger partial charge on any atom is 0.243 e. The van der Waals surface area contributed by atoms with Gasteiger partial charge in [0.1, 0.15) is 0 Å². The van der Waals surface area contributed by atoms with E-state index in [9.17, 15) is 13.2 Å². The molecule has 0 aromatic heterocycles. The van der Waals surface area contributed by atoms with Crippen LogP contribution in [0.25, 0.3) is 0 Å². The van der Waals surface area contributed by atoms with Gasteiger partial charge in [-0.2, -0.15) is 4.31 Å². The molecule has 2 aliphatic heterocycles. The minimum absolute atomic E-state index is 0.0339. The van der Waals surface area contributed by atoms with E-state index >= 15 is 0 Å². The molecule has 0 aliphatic carbocycles. The summed E-state index contributed by atoms with van der Waals surface area (Å²) in [6.45, 7) is 3.01.